The van der Waals surface area contributed by atoms with Crippen LogP contribution in [0.25, 0.3) is 0 Å². The normalized spacial score (nSPS) is 18.3. The molecule has 1 saturated heterocycles. The first-order valence-corrected chi connectivity index (χ1v) is 9.09. The molecule has 7 nitrogen and oxygen atoms in total. The number of anilines is 1. The average Bonchev–Trinajstić information content (AvgIpc) is 2.69. The highest BCUT2D eigenvalue weighted by atomic mass is 32.2. The van der Waals surface area contributed by atoms with Crippen LogP contribution in [0.4, 0.5) is 5.69 Å². The molecule has 2 aromatic rings. The summed E-state index contributed by atoms with van der Waals surface area (Å²) >= 11 is 1.17. The fourth-order valence-electron chi connectivity index (χ4n) is 2.32. The molecule has 2 aromatic carbocycles. The summed E-state index contributed by atoms with van der Waals surface area (Å²) in [7, 11) is 1.58. The number of hydrogen-bond donors (Lipinski definition) is 2. The number of benzene rings is 2. The van der Waals surface area contributed by atoms with E-state index in [9.17, 15) is 9.59 Å². The minimum absolute atomic E-state index is 0.0775. The predicted octanol–water partition coefficient (Wildman–Crippen LogP) is 2.65. The lowest BCUT2D eigenvalue weighted by Crippen LogP contribution is -2.41. The topological polar surface area (TPSA) is 92.1 Å². The van der Waals surface area contributed by atoms with Crippen molar-refractivity contribution in [2.24, 2.45) is 10.2 Å². The van der Waals surface area contributed by atoms with Gasteiger partial charge in [-0.25, -0.2) is 0 Å². The van der Waals surface area contributed by atoms with Gasteiger partial charge in [-0.2, -0.15) is 5.10 Å². The molecule has 0 aromatic heterocycles. The Balaban J connectivity index is 1.63. The zero-order valence-corrected chi connectivity index (χ0v) is 15.4. The van der Waals surface area contributed by atoms with Gasteiger partial charge in [0.25, 0.3) is 0 Å². The number of thioether (sulfide) groups is 1. The number of rotatable bonds is 5. The maximum Gasteiger partial charge on any atom is 0.238 e. The highest BCUT2D eigenvalue weighted by Crippen LogP contribution is 2.23. The Hall–Kier alpha value is -3.13. The van der Waals surface area contributed by atoms with Gasteiger partial charge in [-0.15, -0.1) is 5.10 Å². The SMILES string of the molecule is COc1ccc(NC(=O)[C@H]2CC(=O)NC(=N/N=C\c3ccccc3)S2)cc1. The highest BCUT2D eigenvalue weighted by molar-refractivity contribution is 8.15. The molecular weight excluding hydrogens is 364 g/mol. The third-order valence-corrected chi connectivity index (χ3v) is 4.75. The molecule has 1 atom stereocenters. The van der Waals surface area contributed by atoms with Crippen LogP contribution in [0, 0.1) is 0 Å². The van der Waals surface area contributed by atoms with Gasteiger partial charge in [0.1, 0.15) is 11.0 Å². The minimum atomic E-state index is -0.577. The van der Waals surface area contributed by atoms with E-state index in [0.717, 1.165) is 5.56 Å². The van der Waals surface area contributed by atoms with E-state index >= 15 is 0 Å². The number of amides is 2. The van der Waals surface area contributed by atoms with Gasteiger partial charge >= 0.3 is 0 Å². The summed E-state index contributed by atoms with van der Waals surface area (Å²) < 4.78 is 5.09. The third-order valence-electron chi connectivity index (χ3n) is 3.68. The van der Waals surface area contributed by atoms with Crippen molar-refractivity contribution >= 4 is 40.6 Å². The van der Waals surface area contributed by atoms with Gasteiger partial charge in [0.2, 0.25) is 11.8 Å². The molecule has 8 heteroatoms. The van der Waals surface area contributed by atoms with E-state index in [-0.39, 0.29) is 18.2 Å². The van der Waals surface area contributed by atoms with Crippen LogP contribution < -0.4 is 15.4 Å². The first-order valence-electron chi connectivity index (χ1n) is 8.21. The van der Waals surface area contributed by atoms with E-state index in [2.05, 4.69) is 20.8 Å². The first kappa shape index (κ1) is 18.7. The Labute approximate surface area is 160 Å². The van der Waals surface area contributed by atoms with E-state index in [4.69, 9.17) is 4.74 Å². The van der Waals surface area contributed by atoms with Crippen molar-refractivity contribution in [2.45, 2.75) is 11.7 Å². The average molecular weight is 382 g/mol. The summed E-state index contributed by atoms with van der Waals surface area (Å²) in [6, 6.07) is 16.5. The number of hydrogen-bond acceptors (Lipinski definition) is 6. The van der Waals surface area contributed by atoms with Crippen molar-refractivity contribution in [3.8, 4) is 5.75 Å². The predicted molar refractivity (Wildman–Crippen MR) is 107 cm³/mol. The summed E-state index contributed by atoms with van der Waals surface area (Å²) in [5.41, 5.74) is 1.52. The van der Waals surface area contributed by atoms with E-state index in [0.29, 0.717) is 16.6 Å². The van der Waals surface area contributed by atoms with E-state index in [1.54, 1.807) is 37.6 Å². The highest BCUT2D eigenvalue weighted by Gasteiger charge is 2.30. The van der Waals surface area contributed by atoms with E-state index in [1.165, 1.54) is 11.8 Å². The lowest BCUT2D eigenvalue weighted by atomic mass is 10.2. The van der Waals surface area contributed by atoms with Crippen LogP contribution in [-0.4, -0.2) is 35.6 Å². The van der Waals surface area contributed by atoms with E-state index < -0.39 is 5.25 Å². The molecule has 0 radical (unpaired) electrons. The Morgan fingerprint density at radius 1 is 1.22 bits per heavy atom. The standard InChI is InChI=1S/C19H18N4O3S/c1-26-15-9-7-14(8-10-15)21-18(25)16-11-17(24)22-19(27-16)23-20-12-13-5-3-2-4-6-13/h2-10,12,16H,11H2,1H3,(H,21,25)(H,22,23,24)/b20-12-/t16-/m1/s1. The van der Waals surface area contributed by atoms with Gasteiger partial charge in [-0.3, -0.25) is 9.59 Å². The molecule has 1 heterocycles. The molecule has 2 N–H and O–H groups in total. The van der Waals surface area contributed by atoms with E-state index in [1.807, 2.05) is 30.3 Å². The molecular formula is C19H18N4O3S. The molecule has 27 heavy (non-hydrogen) atoms. The number of nitrogens with zero attached hydrogens (tertiary/aromatic N) is 2. The fourth-order valence-corrected chi connectivity index (χ4v) is 3.26. The molecule has 0 bridgehead atoms. The molecule has 0 unspecified atom stereocenters. The van der Waals surface area contributed by atoms with Crippen molar-refractivity contribution < 1.29 is 14.3 Å². The second kappa shape index (κ2) is 9.00. The summed E-state index contributed by atoms with van der Waals surface area (Å²) in [4.78, 5) is 24.4. The van der Waals surface area contributed by atoms with Crippen molar-refractivity contribution in [3.05, 3.63) is 60.2 Å². The van der Waals surface area contributed by atoms with Gasteiger partial charge in [0.15, 0.2) is 5.17 Å². The summed E-state index contributed by atoms with van der Waals surface area (Å²) in [5, 5.41) is 13.1. The largest absolute Gasteiger partial charge is 0.497 e. The van der Waals surface area contributed by atoms with Gasteiger partial charge in [0.05, 0.1) is 13.3 Å². The Morgan fingerprint density at radius 2 is 1.96 bits per heavy atom. The maximum absolute atomic E-state index is 12.5. The summed E-state index contributed by atoms with van der Waals surface area (Å²) in [6.07, 6.45) is 1.66. The van der Waals surface area contributed by atoms with Crippen LogP contribution in [-0.2, 0) is 9.59 Å². The van der Waals surface area contributed by atoms with Crippen molar-refractivity contribution in [1.29, 1.82) is 0 Å². The lowest BCUT2D eigenvalue weighted by molar-refractivity contribution is -0.123. The number of carbonyl (C=O) groups is 2. The zero-order valence-electron chi connectivity index (χ0n) is 14.6. The summed E-state index contributed by atoms with van der Waals surface area (Å²) in [5.74, 6) is 0.169. The molecule has 1 aliphatic heterocycles. The number of ether oxygens (including phenoxy) is 1. The quantitative estimate of drug-likeness (QED) is 0.614. The van der Waals surface area contributed by atoms with Gasteiger partial charge < -0.3 is 15.4 Å². The molecule has 3 rings (SSSR count). The molecule has 1 fully saturated rings. The fraction of sp³-hybridized carbons (Fsp3) is 0.158. The van der Waals surface area contributed by atoms with Crippen LogP contribution in [0.1, 0.15) is 12.0 Å². The molecule has 0 aliphatic carbocycles. The smallest absolute Gasteiger partial charge is 0.238 e. The van der Waals surface area contributed by atoms with Gasteiger partial charge in [0, 0.05) is 12.1 Å². The van der Waals surface area contributed by atoms with Crippen LogP contribution in [0.2, 0.25) is 0 Å². The number of amidine groups is 1. The van der Waals surface area contributed by atoms with Crippen LogP contribution in [0.3, 0.4) is 0 Å². The monoisotopic (exact) mass is 382 g/mol. The minimum Gasteiger partial charge on any atom is -0.497 e. The zero-order chi connectivity index (χ0) is 19.1. The van der Waals surface area contributed by atoms with Gasteiger partial charge in [-0.1, -0.05) is 42.1 Å². The molecule has 0 spiro atoms. The number of methoxy groups -OCH3 is 1. The Morgan fingerprint density at radius 3 is 2.67 bits per heavy atom. The third kappa shape index (κ3) is 5.42. The van der Waals surface area contributed by atoms with Crippen molar-refractivity contribution in [1.82, 2.24) is 5.32 Å². The Kier molecular flexibility index (Phi) is 6.22. The summed E-state index contributed by atoms with van der Waals surface area (Å²) in [6.45, 7) is 0. The number of carbonyl (C=O) groups excluding carboxylic acids is 2. The lowest BCUT2D eigenvalue weighted by Gasteiger charge is -2.21. The second-order valence-electron chi connectivity index (χ2n) is 5.64. The van der Waals surface area contributed by atoms with Crippen molar-refractivity contribution in [3.63, 3.8) is 0 Å². The molecule has 2 amide bonds. The molecule has 138 valence electrons. The number of nitrogens with one attached hydrogen (secondary N) is 2. The molecule has 0 saturated carbocycles. The van der Waals surface area contributed by atoms with Crippen LogP contribution in [0.15, 0.2) is 64.8 Å². The van der Waals surface area contributed by atoms with Crippen LogP contribution >= 0.6 is 11.8 Å². The van der Waals surface area contributed by atoms with Crippen molar-refractivity contribution in [2.75, 3.05) is 12.4 Å². The van der Waals surface area contributed by atoms with Gasteiger partial charge in [-0.05, 0) is 29.8 Å². The molecule has 1 aliphatic rings. The second-order valence-corrected chi connectivity index (χ2v) is 6.83. The Bertz CT molecular complexity index is 866. The maximum atomic E-state index is 12.5. The first-order chi connectivity index (χ1) is 13.1. The van der Waals surface area contributed by atoms with Crippen LogP contribution in [0.5, 0.6) is 5.75 Å².